The highest BCUT2D eigenvalue weighted by Gasteiger charge is 2.42. The molecule has 6 atom stereocenters. The molecule has 7 rings (SSSR count). The average molecular weight is 902 g/mol. The van der Waals surface area contributed by atoms with Gasteiger partial charge in [-0.3, -0.25) is 34.0 Å². The van der Waals surface area contributed by atoms with Crippen molar-refractivity contribution in [3.63, 3.8) is 0 Å². The van der Waals surface area contributed by atoms with Gasteiger partial charge in [0.1, 0.15) is 18.1 Å². The van der Waals surface area contributed by atoms with Crippen LogP contribution in [0, 0.1) is 23.2 Å². The molecule has 2 aromatic heterocycles. The Labute approximate surface area is 389 Å². The molecule has 4 aromatic rings. The lowest BCUT2D eigenvalue weighted by Crippen LogP contribution is -2.62. The molecule has 4 amide bonds. The van der Waals surface area contributed by atoms with E-state index in [4.69, 9.17) is 14.5 Å². The number of carbonyl (C=O) groups excluding carboxylic acids is 5. The fourth-order valence-electron chi connectivity index (χ4n) is 10.2. The SMILES string of the molecule is C=CC(=O)N1CC(C(=O)N(C)[C@H](C(=O)N[C@H]2Cc3cccc(c3)-c3ccc4c(c3)c(c(-c3cccnc3[C@H](C)OC)n4CC)CC(C)(C)COC(=O)[C@@H]3CCCN(N3)C2=O)C(C)C)[C@@H](C)C1. The minimum absolute atomic E-state index is 0.120. The number of aromatic nitrogens is 2. The number of benzene rings is 2. The Balaban J connectivity index is 1.29. The summed E-state index contributed by atoms with van der Waals surface area (Å²) in [4.78, 5) is 77.7. The monoisotopic (exact) mass is 902 g/mol. The number of nitrogens with one attached hydrogen (secondary N) is 2. The number of carbonyl (C=O) groups is 5. The van der Waals surface area contributed by atoms with Crippen LogP contribution in [-0.2, 0) is 52.8 Å². The van der Waals surface area contributed by atoms with Crippen LogP contribution in [0.15, 0.2) is 73.4 Å². The summed E-state index contributed by atoms with van der Waals surface area (Å²) in [5.41, 5.74) is 10.5. The van der Waals surface area contributed by atoms with Gasteiger partial charge in [-0.1, -0.05) is 71.5 Å². The summed E-state index contributed by atoms with van der Waals surface area (Å²) >= 11 is 0. The summed E-state index contributed by atoms with van der Waals surface area (Å²) in [6.45, 7) is 19.4. The third kappa shape index (κ3) is 9.81. The van der Waals surface area contributed by atoms with Crippen LogP contribution in [0.1, 0.15) is 84.2 Å². The largest absolute Gasteiger partial charge is 0.464 e. The minimum atomic E-state index is -1.05. The summed E-state index contributed by atoms with van der Waals surface area (Å²) in [6.07, 6.45) is 4.54. The van der Waals surface area contributed by atoms with Crippen molar-refractivity contribution in [3.05, 3.63) is 90.3 Å². The second-order valence-electron chi connectivity index (χ2n) is 19.5. The van der Waals surface area contributed by atoms with Crippen LogP contribution in [0.25, 0.3) is 33.3 Å². The van der Waals surface area contributed by atoms with Gasteiger partial charge in [-0.25, -0.2) is 5.43 Å². The zero-order valence-corrected chi connectivity index (χ0v) is 40.1. The summed E-state index contributed by atoms with van der Waals surface area (Å²) in [7, 11) is 3.31. The molecule has 2 saturated heterocycles. The Morgan fingerprint density at radius 3 is 2.55 bits per heavy atom. The van der Waals surface area contributed by atoms with Crippen LogP contribution in [0.4, 0.5) is 0 Å². The lowest BCUT2D eigenvalue weighted by atomic mass is 9.84. The van der Waals surface area contributed by atoms with Gasteiger partial charge in [0.2, 0.25) is 17.7 Å². The molecule has 2 N–H and O–H groups in total. The highest BCUT2D eigenvalue weighted by atomic mass is 16.5. The molecule has 352 valence electrons. The number of hydrazine groups is 1. The lowest BCUT2D eigenvalue weighted by Gasteiger charge is -2.37. The standard InChI is InChI=1S/C52H67N7O7/c1-11-44(60)57-28-32(5)40(29-57)49(62)56(9)46(31(3)4)48(61)54-42-25-34-16-13-17-35(24-34)36-20-21-43-38(26-36)39(47(58(43)12-2)37-18-14-22-53-45(37)33(6)65-10)27-52(7,8)30-66-51(64)41-19-15-23-59(55-41)50(42)63/h11,13-14,16-18,20-22,24,26,31-33,40-42,46,55H,1,12,15,19,23,25,27-30H2,2-10H3,(H,54,61)/t32-,33-,40?,41-,42-,46-/m0/s1. The predicted octanol–water partition coefficient (Wildman–Crippen LogP) is 6.51. The molecule has 0 radical (unpaired) electrons. The Bertz CT molecular complexity index is 2500. The summed E-state index contributed by atoms with van der Waals surface area (Å²) in [5.74, 6) is -2.73. The summed E-state index contributed by atoms with van der Waals surface area (Å²) in [5, 5.41) is 5.59. The second-order valence-corrected chi connectivity index (χ2v) is 19.5. The molecule has 2 aromatic carbocycles. The first-order valence-electron chi connectivity index (χ1n) is 23.4. The van der Waals surface area contributed by atoms with Crippen LogP contribution >= 0.6 is 0 Å². The maximum absolute atomic E-state index is 14.7. The Hall–Kier alpha value is -5.86. The van der Waals surface area contributed by atoms with Gasteiger partial charge in [0.25, 0.3) is 5.91 Å². The highest BCUT2D eigenvalue weighted by molar-refractivity contribution is 5.96. The molecule has 0 spiro atoms. The number of ether oxygens (including phenoxy) is 2. The molecule has 6 bridgehead atoms. The maximum atomic E-state index is 14.7. The van der Waals surface area contributed by atoms with Gasteiger partial charge in [0.05, 0.1) is 30.0 Å². The van der Waals surface area contributed by atoms with Crippen molar-refractivity contribution in [2.45, 2.75) is 105 Å². The van der Waals surface area contributed by atoms with Crippen molar-refractivity contribution < 1.29 is 33.4 Å². The number of fused-ring (bicyclic) bond motifs is 6. The van der Waals surface area contributed by atoms with E-state index in [0.717, 1.165) is 50.1 Å². The van der Waals surface area contributed by atoms with E-state index in [2.05, 4.69) is 79.1 Å². The number of hydrogen-bond donors (Lipinski definition) is 2. The van der Waals surface area contributed by atoms with Crippen LogP contribution < -0.4 is 10.7 Å². The van der Waals surface area contributed by atoms with E-state index in [1.807, 2.05) is 45.9 Å². The van der Waals surface area contributed by atoms with E-state index in [1.165, 1.54) is 16.0 Å². The fourth-order valence-corrected chi connectivity index (χ4v) is 10.2. The Morgan fingerprint density at radius 2 is 1.83 bits per heavy atom. The molecule has 3 aliphatic heterocycles. The van der Waals surface area contributed by atoms with Gasteiger partial charge in [0, 0.05) is 74.8 Å². The van der Waals surface area contributed by atoms with Gasteiger partial charge in [-0.15, -0.1) is 0 Å². The maximum Gasteiger partial charge on any atom is 0.324 e. The molecule has 3 aliphatic rings. The zero-order chi connectivity index (χ0) is 47.6. The number of hydrogen-bond acceptors (Lipinski definition) is 9. The number of rotatable bonds is 10. The van der Waals surface area contributed by atoms with E-state index in [-0.39, 0.29) is 49.3 Å². The molecule has 1 unspecified atom stereocenters. The van der Waals surface area contributed by atoms with Crippen LogP contribution in [0.5, 0.6) is 0 Å². The number of pyridine rings is 1. The van der Waals surface area contributed by atoms with E-state index in [9.17, 15) is 24.0 Å². The normalized spacial score (nSPS) is 22.1. The number of likely N-dealkylation sites (N-methyl/N-ethyl adjacent to an activating group) is 1. The fraction of sp³-hybridized carbons (Fsp3) is 0.500. The number of cyclic esters (lactones) is 1. The minimum Gasteiger partial charge on any atom is -0.464 e. The number of esters is 1. The van der Waals surface area contributed by atoms with Gasteiger partial charge in [-0.05, 0) is 97.5 Å². The van der Waals surface area contributed by atoms with Crippen molar-refractivity contribution in [1.82, 2.24) is 35.1 Å². The number of likely N-dealkylation sites (tertiary alicyclic amines) is 1. The molecule has 14 heteroatoms. The Kier molecular flexibility index (Phi) is 14.5. The van der Waals surface area contributed by atoms with Gasteiger partial charge in [-0.2, -0.15) is 0 Å². The number of methoxy groups -OCH3 is 1. The topological polar surface area (TPSA) is 155 Å². The molecule has 14 nitrogen and oxygen atoms in total. The van der Waals surface area contributed by atoms with E-state index >= 15 is 0 Å². The molecule has 66 heavy (non-hydrogen) atoms. The van der Waals surface area contributed by atoms with Crippen molar-refractivity contribution in [2.75, 3.05) is 40.4 Å². The molecular weight excluding hydrogens is 835 g/mol. The first-order valence-corrected chi connectivity index (χ1v) is 23.4. The van der Waals surface area contributed by atoms with Gasteiger partial charge in [0.15, 0.2) is 0 Å². The predicted molar refractivity (Wildman–Crippen MR) is 254 cm³/mol. The molecule has 0 saturated carbocycles. The average Bonchev–Trinajstić information content (AvgIpc) is 3.85. The van der Waals surface area contributed by atoms with Crippen LogP contribution in [-0.4, -0.2) is 112 Å². The van der Waals surface area contributed by atoms with Crippen molar-refractivity contribution in [3.8, 4) is 22.4 Å². The number of aryl methyl sites for hydroxylation is 1. The molecule has 0 aliphatic carbocycles. The van der Waals surface area contributed by atoms with Crippen molar-refractivity contribution >= 4 is 40.5 Å². The first kappa shape index (κ1) is 48.1. The van der Waals surface area contributed by atoms with Crippen LogP contribution in [0.2, 0.25) is 0 Å². The van der Waals surface area contributed by atoms with Crippen LogP contribution in [0.3, 0.4) is 0 Å². The van der Waals surface area contributed by atoms with Crippen molar-refractivity contribution in [1.29, 1.82) is 0 Å². The lowest BCUT2D eigenvalue weighted by molar-refractivity contribution is -0.155. The van der Waals surface area contributed by atoms with E-state index in [0.29, 0.717) is 38.9 Å². The quantitative estimate of drug-likeness (QED) is 0.134. The summed E-state index contributed by atoms with van der Waals surface area (Å²) in [6, 6.07) is 15.8. The third-order valence-electron chi connectivity index (χ3n) is 13.7. The number of nitrogens with zero attached hydrogens (tertiary/aromatic N) is 5. The molecular formula is C52H67N7O7. The molecule has 2 fully saturated rings. The first-order chi connectivity index (χ1) is 31.5. The van der Waals surface area contributed by atoms with Crippen molar-refractivity contribution in [2.24, 2.45) is 23.2 Å². The Morgan fingerprint density at radius 1 is 1.08 bits per heavy atom. The van der Waals surface area contributed by atoms with Gasteiger partial charge >= 0.3 is 5.97 Å². The zero-order valence-electron chi connectivity index (χ0n) is 40.1. The van der Waals surface area contributed by atoms with E-state index in [1.54, 1.807) is 25.3 Å². The van der Waals surface area contributed by atoms with E-state index < -0.39 is 47.2 Å². The summed E-state index contributed by atoms with van der Waals surface area (Å²) < 4.78 is 14.3. The highest BCUT2D eigenvalue weighted by Crippen LogP contribution is 2.42. The van der Waals surface area contributed by atoms with Gasteiger partial charge < -0.3 is 29.2 Å². The smallest absolute Gasteiger partial charge is 0.324 e. The third-order valence-corrected chi connectivity index (χ3v) is 13.7. The number of amides is 4. The second kappa shape index (κ2) is 19.9. The molecule has 5 heterocycles.